The van der Waals surface area contributed by atoms with Gasteiger partial charge in [0.1, 0.15) is 0 Å². The van der Waals surface area contributed by atoms with Gasteiger partial charge < -0.3 is 0 Å². The molecule has 538 valence electrons. The van der Waals surface area contributed by atoms with Crippen LogP contribution in [0, 0.1) is 22.7 Å². The van der Waals surface area contributed by atoms with Crippen LogP contribution in [0.5, 0.6) is 0 Å². The van der Waals surface area contributed by atoms with Crippen molar-refractivity contribution in [3.63, 3.8) is 0 Å². The van der Waals surface area contributed by atoms with Crippen LogP contribution in [0.3, 0.4) is 0 Å². The second kappa shape index (κ2) is 27.6. The van der Waals surface area contributed by atoms with Crippen molar-refractivity contribution in [2.24, 2.45) is 0 Å². The summed E-state index contributed by atoms with van der Waals surface area (Å²) < 4.78 is 0. The molecule has 2 aliphatic heterocycles. The summed E-state index contributed by atoms with van der Waals surface area (Å²) in [6.07, 6.45) is 0. The SMILES string of the molecule is N#Cc1ccc2c(c1)C1(c3cc(-c4ccc(-c5cccc(-c6nc(-c7ccccc7)nc(-c7cccc(-c8cccc(-c9nc(-c%10ccccc%10)nc(-c%10cccc(-c%11cccc(-c%12ccc%13c(c%12)C%12(c%14cc(C#N)ccc%14S%13)c%13ccccc%13-c%13ccccc%13%12)c%11)c%10)n9)c8)c7)n6)c5)cc4)ccc3S2)c2ccccc2-c2ccccc21. The van der Waals surface area contributed by atoms with E-state index in [-0.39, 0.29) is 0 Å². The number of nitriles is 2. The van der Waals surface area contributed by atoms with Crippen molar-refractivity contribution in [1.29, 1.82) is 10.5 Å². The quantitative estimate of drug-likeness (QED) is 0.124. The Morgan fingerprint density at radius 3 is 0.724 bits per heavy atom. The summed E-state index contributed by atoms with van der Waals surface area (Å²) in [5.74, 6) is 3.34. The van der Waals surface area contributed by atoms with E-state index >= 15 is 0 Å². The standard InChI is InChI=1S/C106H62N8S2/c107-63-65-42-50-95-91(54-65)105(87-38-11-7-34-83(87)84-35-8-12-39-88(84)105)93-61-77(48-52-97(93)115-95)68-46-44-67(45-47-68)71-24-16-30-79(57-71)101-109-99(69-20-3-1-4-21-69)110-103(113-101)81-32-18-28-75(59-81)76-29-19-33-82(60-76)104-112-100(70-22-5-2-6-23-70)111-102(114-104)80-31-17-27-74(58-80)72-25-15-26-73(56-72)78-49-53-98-94(62-78)106(92-55-66(64-108)43-51-96(92)116-98)89-40-13-9-36-85(89)86-37-10-14-41-90(86)106/h1-62H. The van der Waals surface area contributed by atoms with E-state index in [1.54, 1.807) is 23.5 Å². The average molecular weight is 1510 g/mol. The lowest BCUT2D eigenvalue weighted by Crippen LogP contribution is -2.32. The molecule has 0 atom stereocenters. The van der Waals surface area contributed by atoms with Gasteiger partial charge in [-0.25, -0.2) is 29.9 Å². The Bertz CT molecular complexity index is 7110. The Morgan fingerprint density at radius 1 is 0.181 bits per heavy atom. The first kappa shape index (κ1) is 68.1. The molecule has 8 nitrogen and oxygen atoms in total. The normalized spacial score (nSPS) is 13.1. The molecule has 116 heavy (non-hydrogen) atoms. The van der Waals surface area contributed by atoms with Crippen molar-refractivity contribution in [2.75, 3.05) is 0 Å². The number of fused-ring (bicyclic) bond motifs is 18. The number of hydrogen-bond acceptors (Lipinski definition) is 10. The fraction of sp³-hybridized carbons (Fsp3) is 0.0189. The molecule has 4 heterocycles. The minimum Gasteiger partial charge on any atom is -0.208 e. The van der Waals surface area contributed by atoms with Crippen LogP contribution in [0.2, 0.25) is 0 Å². The summed E-state index contributed by atoms with van der Waals surface area (Å²) in [5, 5.41) is 20.6. The summed E-state index contributed by atoms with van der Waals surface area (Å²) >= 11 is 3.56. The van der Waals surface area contributed by atoms with Gasteiger partial charge in [0.2, 0.25) is 0 Å². The van der Waals surface area contributed by atoms with Crippen molar-refractivity contribution in [3.05, 3.63) is 432 Å². The first-order valence-corrected chi connectivity index (χ1v) is 40.3. The number of rotatable bonds is 11. The van der Waals surface area contributed by atoms with Crippen LogP contribution >= 0.6 is 23.5 Å². The highest BCUT2D eigenvalue weighted by atomic mass is 32.2. The highest BCUT2D eigenvalue weighted by Crippen LogP contribution is 2.65. The van der Waals surface area contributed by atoms with Crippen molar-refractivity contribution in [1.82, 2.24) is 29.9 Å². The monoisotopic (exact) mass is 1510 g/mol. The molecule has 4 aliphatic rings. The lowest BCUT2D eigenvalue weighted by molar-refractivity contribution is 0.722. The van der Waals surface area contributed by atoms with Gasteiger partial charge in [-0.15, -0.1) is 0 Å². The molecule has 0 saturated carbocycles. The van der Waals surface area contributed by atoms with E-state index in [2.05, 4.69) is 315 Å². The molecular formula is C106H62N8S2. The first-order valence-electron chi connectivity index (χ1n) is 38.7. The van der Waals surface area contributed by atoms with E-state index < -0.39 is 10.8 Å². The second-order valence-corrected chi connectivity index (χ2v) is 31.9. The first-order chi connectivity index (χ1) is 57.3. The molecule has 18 aromatic rings. The van der Waals surface area contributed by atoms with Crippen molar-refractivity contribution >= 4 is 23.5 Å². The van der Waals surface area contributed by atoms with Crippen molar-refractivity contribution in [3.8, 4) is 158 Å². The van der Waals surface area contributed by atoms with Crippen molar-refractivity contribution < 1.29 is 0 Å². The lowest BCUT2D eigenvalue weighted by Gasteiger charge is -2.40. The summed E-state index contributed by atoms with van der Waals surface area (Å²) in [6.45, 7) is 0. The summed E-state index contributed by atoms with van der Waals surface area (Å²) in [5.41, 5.74) is 30.2. The van der Waals surface area contributed by atoms with Gasteiger partial charge in [0.25, 0.3) is 0 Å². The molecule has 0 unspecified atom stereocenters. The predicted molar refractivity (Wildman–Crippen MR) is 465 cm³/mol. The van der Waals surface area contributed by atoms with E-state index in [1.807, 2.05) is 72.8 Å². The molecule has 0 radical (unpaired) electrons. The third-order valence-corrected chi connectivity index (χ3v) is 25.7. The zero-order valence-corrected chi connectivity index (χ0v) is 63.8. The smallest absolute Gasteiger partial charge is 0.164 e. The maximum atomic E-state index is 10.3. The Kier molecular flexibility index (Phi) is 16.2. The van der Waals surface area contributed by atoms with Gasteiger partial charge >= 0.3 is 0 Å². The van der Waals surface area contributed by atoms with E-state index in [9.17, 15) is 10.5 Å². The molecule has 0 N–H and O–H groups in total. The molecule has 16 aromatic carbocycles. The Morgan fingerprint density at radius 2 is 0.405 bits per heavy atom. The molecule has 10 heteroatoms. The van der Waals surface area contributed by atoms with Crippen LogP contribution in [0.15, 0.2) is 396 Å². The minimum absolute atomic E-state index is 0.544. The van der Waals surface area contributed by atoms with Gasteiger partial charge in [-0.3, -0.25) is 0 Å². The van der Waals surface area contributed by atoms with E-state index in [0.717, 1.165) is 110 Å². The van der Waals surface area contributed by atoms with Gasteiger partial charge in [-0.1, -0.05) is 309 Å². The highest BCUT2D eigenvalue weighted by molar-refractivity contribution is 7.99. The second-order valence-electron chi connectivity index (χ2n) is 29.8. The summed E-state index contributed by atoms with van der Waals surface area (Å²) in [6, 6.07) is 138. The van der Waals surface area contributed by atoms with Gasteiger partial charge in [0.15, 0.2) is 34.9 Å². The molecular weight excluding hydrogens is 1450 g/mol. The summed E-state index contributed by atoms with van der Waals surface area (Å²) in [4.78, 5) is 36.2. The maximum Gasteiger partial charge on any atom is 0.164 e. The molecule has 0 fully saturated rings. The topological polar surface area (TPSA) is 125 Å². The van der Waals surface area contributed by atoms with Crippen LogP contribution < -0.4 is 0 Å². The largest absolute Gasteiger partial charge is 0.208 e. The summed E-state index contributed by atoms with van der Waals surface area (Å²) in [7, 11) is 0. The Labute approximate surface area is 679 Å². The average Bonchev–Trinajstić information content (AvgIpc) is 1.50. The maximum absolute atomic E-state index is 10.3. The molecule has 2 aromatic heterocycles. The Hall–Kier alpha value is -14.8. The molecule has 0 bridgehead atoms. The van der Waals surface area contributed by atoms with Crippen LogP contribution in [-0.2, 0) is 10.8 Å². The van der Waals surface area contributed by atoms with Crippen LogP contribution in [0.25, 0.3) is 146 Å². The van der Waals surface area contributed by atoms with Gasteiger partial charge in [-0.05, 0) is 213 Å². The van der Waals surface area contributed by atoms with Crippen molar-refractivity contribution in [2.45, 2.75) is 30.4 Å². The van der Waals surface area contributed by atoms with E-state index in [0.29, 0.717) is 46.1 Å². The minimum atomic E-state index is -0.629. The highest BCUT2D eigenvalue weighted by Gasteiger charge is 2.52. The number of aromatic nitrogens is 6. The van der Waals surface area contributed by atoms with E-state index in [1.165, 1.54) is 65.4 Å². The fourth-order valence-electron chi connectivity index (χ4n) is 18.1. The number of benzene rings is 16. The van der Waals surface area contributed by atoms with Crippen LogP contribution in [0.4, 0.5) is 0 Å². The Balaban J connectivity index is 0.572. The molecule has 22 rings (SSSR count). The van der Waals surface area contributed by atoms with Gasteiger partial charge in [0.05, 0.1) is 34.1 Å². The number of nitrogens with zero attached hydrogens (tertiary/aromatic N) is 8. The fourth-order valence-corrected chi connectivity index (χ4v) is 20.4. The van der Waals surface area contributed by atoms with Gasteiger partial charge in [0, 0.05) is 53.0 Å². The number of hydrogen-bond donors (Lipinski definition) is 0. The third kappa shape index (κ3) is 11.1. The molecule has 0 amide bonds. The zero-order valence-electron chi connectivity index (χ0n) is 62.2. The molecule has 2 spiro atoms. The molecule has 2 aliphatic carbocycles. The lowest BCUT2D eigenvalue weighted by atomic mass is 9.66. The third-order valence-electron chi connectivity index (χ3n) is 23.4. The zero-order chi connectivity index (χ0) is 77.0. The predicted octanol–water partition coefficient (Wildman–Crippen LogP) is 25.8. The van der Waals surface area contributed by atoms with Gasteiger partial charge in [-0.2, -0.15) is 10.5 Å². The van der Waals surface area contributed by atoms with Crippen LogP contribution in [0.1, 0.15) is 55.6 Å². The van der Waals surface area contributed by atoms with Crippen LogP contribution in [-0.4, -0.2) is 29.9 Å². The van der Waals surface area contributed by atoms with E-state index in [4.69, 9.17) is 29.9 Å². The molecule has 0 saturated heterocycles.